The number of hydrogen-bond acceptors (Lipinski definition) is 5. The quantitative estimate of drug-likeness (QED) is 0.238. The van der Waals surface area contributed by atoms with Crippen molar-refractivity contribution in [2.24, 2.45) is 5.92 Å². The highest BCUT2D eigenvalue weighted by Gasteiger charge is 2.26. The van der Waals surface area contributed by atoms with E-state index in [0.29, 0.717) is 0 Å². The lowest BCUT2D eigenvalue weighted by Gasteiger charge is -2.29. The molecule has 0 spiro atoms. The van der Waals surface area contributed by atoms with Gasteiger partial charge >= 0.3 is 6.16 Å². The van der Waals surface area contributed by atoms with E-state index in [9.17, 15) is 4.79 Å². The molecular weight excluding hydrogens is 240 g/mol. The Morgan fingerprint density at radius 3 is 2.28 bits per heavy atom. The smallest absolute Gasteiger partial charge is 0.450 e. The minimum atomic E-state index is -1.42. The molecule has 2 unspecified atom stereocenters. The molecule has 2 atom stereocenters. The molecule has 0 heterocycles. The maximum Gasteiger partial charge on any atom is 0.508 e. The van der Waals surface area contributed by atoms with Crippen LogP contribution in [0.4, 0.5) is 4.79 Å². The van der Waals surface area contributed by atoms with Crippen LogP contribution < -0.4 is 0 Å². The summed E-state index contributed by atoms with van der Waals surface area (Å²) in [6.07, 6.45) is -1.96. The lowest BCUT2D eigenvalue weighted by atomic mass is 9.95. The molecule has 0 aliphatic heterocycles. The van der Waals surface area contributed by atoms with Crippen molar-refractivity contribution in [1.82, 2.24) is 0 Å². The molecule has 0 saturated carbocycles. The Hall–Kier alpha value is -1.11. The fourth-order valence-electron chi connectivity index (χ4n) is 0.744. The second-order valence-corrected chi connectivity index (χ2v) is 4.63. The third kappa shape index (κ3) is 6.58. The summed E-state index contributed by atoms with van der Waals surface area (Å²) in [5.41, 5.74) is -0.498. The Bertz CT molecular complexity index is 274. The predicted molar refractivity (Wildman–Crippen MR) is 64.7 cm³/mol. The molecule has 0 bridgehead atoms. The zero-order valence-corrected chi connectivity index (χ0v) is 11.5. The minimum Gasteiger partial charge on any atom is -0.450 e. The zero-order valence-electron chi connectivity index (χ0n) is 11.5. The third-order valence-electron chi connectivity index (χ3n) is 2.53. The van der Waals surface area contributed by atoms with Gasteiger partial charge in [0.25, 0.3) is 0 Å². The van der Waals surface area contributed by atoms with Crippen LogP contribution in [0.5, 0.6) is 0 Å². The summed E-state index contributed by atoms with van der Waals surface area (Å²) in [5, 5.41) is 8.40. The molecule has 6 heteroatoms. The van der Waals surface area contributed by atoms with Crippen molar-refractivity contribution in [1.29, 1.82) is 0 Å². The Morgan fingerprint density at radius 2 is 1.89 bits per heavy atom. The van der Waals surface area contributed by atoms with E-state index in [1.165, 1.54) is 13.0 Å². The number of carbonyl (C=O) groups is 1. The molecule has 0 aromatic heterocycles. The lowest BCUT2D eigenvalue weighted by Crippen LogP contribution is -2.34. The van der Waals surface area contributed by atoms with Crippen LogP contribution in [0.15, 0.2) is 12.7 Å². The van der Waals surface area contributed by atoms with E-state index in [4.69, 9.17) is 19.6 Å². The summed E-state index contributed by atoms with van der Waals surface area (Å²) in [6, 6.07) is 0. The molecule has 0 rings (SSSR count). The van der Waals surface area contributed by atoms with Gasteiger partial charge in [-0.2, -0.15) is 4.89 Å². The first-order valence-electron chi connectivity index (χ1n) is 5.71. The highest BCUT2D eigenvalue weighted by Crippen LogP contribution is 2.21. The van der Waals surface area contributed by atoms with Crippen molar-refractivity contribution in [3.05, 3.63) is 12.7 Å². The number of hydrogen-bond donors (Lipinski definition) is 1. The molecule has 0 saturated heterocycles. The maximum absolute atomic E-state index is 10.3. The van der Waals surface area contributed by atoms with E-state index < -0.39 is 24.3 Å². The fraction of sp³-hybridized carbons (Fsp3) is 0.750. The van der Waals surface area contributed by atoms with Crippen LogP contribution >= 0.6 is 0 Å². The molecule has 0 aliphatic carbocycles. The number of ether oxygens (including phenoxy) is 2. The summed E-state index contributed by atoms with van der Waals surface area (Å²) in [6.45, 7) is 12.7. The van der Waals surface area contributed by atoms with Gasteiger partial charge in [0.1, 0.15) is 5.60 Å². The van der Waals surface area contributed by atoms with Crippen molar-refractivity contribution in [3.63, 3.8) is 0 Å². The first-order valence-corrected chi connectivity index (χ1v) is 5.71. The van der Waals surface area contributed by atoms with Crippen molar-refractivity contribution < 1.29 is 29.1 Å². The van der Waals surface area contributed by atoms with Crippen LogP contribution in [0.3, 0.4) is 0 Å². The minimum absolute atomic E-state index is 0.232. The first-order chi connectivity index (χ1) is 8.19. The van der Waals surface area contributed by atoms with E-state index in [0.717, 1.165) is 0 Å². The average Bonchev–Trinajstić information content (AvgIpc) is 2.22. The van der Waals surface area contributed by atoms with Crippen molar-refractivity contribution in [2.45, 2.75) is 52.8 Å². The normalized spacial score (nSPS) is 15.2. The van der Waals surface area contributed by atoms with Gasteiger partial charge < -0.3 is 14.6 Å². The maximum atomic E-state index is 10.3. The molecule has 6 nitrogen and oxygen atoms in total. The molecule has 18 heavy (non-hydrogen) atoms. The van der Waals surface area contributed by atoms with E-state index in [2.05, 4.69) is 11.3 Å². The highest BCUT2D eigenvalue weighted by molar-refractivity contribution is 5.56. The Labute approximate surface area is 107 Å². The van der Waals surface area contributed by atoms with Crippen molar-refractivity contribution >= 4 is 6.16 Å². The second kappa shape index (κ2) is 7.35. The van der Waals surface area contributed by atoms with Gasteiger partial charge in [-0.3, -0.25) is 0 Å². The molecule has 0 amide bonds. The Kier molecular flexibility index (Phi) is 6.90. The van der Waals surface area contributed by atoms with E-state index in [1.54, 1.807) is 0 Å². The van der Waals surface area contributed by atoms with Gasteiger partial charge in [0.05, 0.1) is 0 Å². The number of carboxylic acid groups (broad SMARTS) is 1. The van der Waals surface area contributed by atoms with Crippen LogP contribution in [0.1, 0.15) is 34.6 Å². The van der Waals surface area contributed by atoms with Gasteiger partial charge in [-0.05, 0) is 32.8 Å². The van der Waals surface area contributed by atoms with Crippen LogP contribution in [0, 0.1) is 5.92 Å². The first kappa shape index (κ1) is 16.9. The van der Waals surface area contributed by atoms with Crippen LogP contribution in [0.25, 0.3) is 0 Å². The van der Waals surface area contributed by atoms with Gasteiger partial charge in [-0.25, -0.2) is 9.68 Å². The summed E-state index contributed by atoms with van der Waals surface area (Å²) >= 11 is 0. The third-order valence-corrected chi connectivity index (χ3v) is 2.53. The molecule has 0 radical (unpaired) electrons. The van der Waals surface area contributed by atoms with Crippen LogP contribution in [0.2, 0.25) is 0 Å². The molecular formula is C12H22O6. The standard InChI is InChI=1S/C12H22O6/c1-7-10(15-9(4)16-11(13)14)17-18-12(5,6)8(2)3/h7-10H,1H2,2-6H3,(H,13,14). The van der Waals surface area contributed by atoms with Gasteiger partial charge in [0, 0.05) is 0 Å². The van der Waals surface area contributed by atoms with Crippen molar-refractivity contribution in [2.75, 3.05) is 0 Å². The topological polar surface area (TPSA) is 74.2 Å². The SMILES string of the molecule is C=CC(OOC(C)(C)C(C)C)OC(C)OC(=O)O. The Morgan fingerprint density at radius 1 is 1.33 bits per heavy atom. The van der Waals surface area contributed by atoms with Gasteiger partial charge in [0.15, 0.2) is 0 Å². The lowest BCUT2D eigenvalue weighted by molar-refractivity contribution is -0.424. The molecule has 0 fully saturated rings. The van der Waals surface area contributed by atoms with E-state index >= 15 is 0 Å². The van der Waals surface area contributed by atoms with Gasteiger partial charge in [-0.15, -0.1) is 0 Å². The highest BCUT2D eigenvalue weighted by atomic mass is 17.2. The molecule has 0 aromatic rings. The summed E-state index contributed by atoms with van der Waals surface area (Å²) in [7, 11) is 0. The zero-order chi connectivity index (χ0) is 14.3. The summed E-state index contributed by atoms with van der Waals surface area (Å²) in [5.74, 6) is 0.232. The largest absolute Gasteiger partial charge is 0.508 e. The van der Waals surface area contributed by atoms with Crippen LogP contribution in [-0.2, 0) is 19.2 Å². The summed E-state index contributed by atoms with van der Waals surface area (Å²) in [4.78, 5) is 20.6. The van der Waals surface area contributed by atoms with Crippen molar-refractivity contribution in [3.8, 4) is 0 Å². The molecule has 0 aliphatic rings. The predicted octanol–water partition coefficient (Wildman–Crippen LogP) is 2.94. The summed E-state index contributed by atoms with van der Waals surface area (Å²) < 4.78 is 9.49. The van der Waals surface area contributed by atoms with Gasteiger partial charge in [-0.1, -0.05) is 20.4 Å². The molecule has 1 N–H and O–H groups in total. The van der Waals surface area contributed by atoms with Crippen LogP contribution in [-0.4, -0.2) is 29.4 Å². The number of rotatable bonds is 8. The molecule has 106 valence electrons. The van der Waals surface area contributed by atoms with E-state index in [-0.39, 0.29) is 5.92 Å². The monoisotopic (exact) mass is 262 g/mol. The van der Waals surface area contributed by atoms with Gasteiger partial charge in [0.2, 0.25) is 12.6 Å². The fourth-order valence-corrected chi connectivity index (χ4v) is 0.744. The average molecular weight is 262 g/mol. The molecule has 0 aromatic carbocycles. The van der Waals surface area contributed by atoms with E-state index in [1.807, 2.05) is 27.7 Å². The Balaban J connectivity index is 4.20. The second-order valence-electron chi connectivity index (χ2n) is 4.63.